The minimum absolute atomic E-state index is 0.0819. The monoisotopic (exact) mass is 418 g/mol. The first-order valence-corrected chi connectivity index (χ1v) is 9.11. The van der Waals surface area contributed by atoms with Gasteiger partial charge in [-0.15, -0.1) is 0 Å². The van der Waals surface area contributed by atoms with Gasteiger partial charge in [0.05, 0.1) is 11.7 Å². The van der Waals surface area contributed by atoms with Crippen LogP contribution in [-0.4, -0.2) is 39.6 Å². The molecule has 2 aromatic carbocycles. The van der Waals surface area contributed by atoms with Crippen LogP contribution in [0.25, 0.3) is 10.9 Å². The molecule has 8 nitrogen and oxygen atoms in total. The smallest absolute Gasteiger partial charge is 0.407 e. The second kappa shape index (κ2) is 7.34. The number of fused-ring (bicyclic) bond motifs is 1. The van der Waals surface area contributed by atoms with E-state index in [-0.39, 0.29) is 24.5 Å². The Morgan fingerprint density at radius 1 is 1.38 bits per heavy atom. The van der Waals surface area contributed by atoms with Crippen LogP contribution in [0.3, 0.4) is 0 Å². The number of ether oxygens (including phenoxy) is 1. The van der Waals surface area contributed by atoms with Crippen LogP contribution in [0, 0.1) is 5.82 Å². The number of H-pyrrole nitrogens is 1. The number of amides is 2. The molecule has 1 fully saturated rings. The molecule has 0 unspecified atom stereocenters. The first-order valence-electron chi connectivity index (χ1n) is 8.73. The van der Waals surface area contributed by atoms with Crippen LogP contribution in [0.2, 0.25) is 5.02 Å². The molecule has 4 rings (SSSR count). The first-order chi connectivity index (χ1) is 13.8. The van der Waals surface area contributed by atoms with Gasteiger partial charge in [-0.05, 0) is 42.0 Å². The quantitative estimate of drug-likeness (QED) is 0.565. The number of halogens is 2. The number of aromatic amines is 1. The summed E-state index contributed by atoms with van der Waals surface area (Å²) in [5.41, 5.74) is 1.77. The highest BCUT2D eigenvalue weighted by molar-refractivity contribution is 6.30. The van der Waals surface area contributed by atoms with E-state index >= 15 is 0 Å². The number of aliphatic hydroxyl groups is 1. The normalized spacial score (nSPS) is 19.0. The maximum absolute atomic E-state index is 13.3. The average molecular weight is 419 g/mol. The van der Waals surface area contributed by atoms with Gasteiger partial charge in [-0.25, -0.2) is 9.18 Å². The van der Waals surface area contributed by atoms with Crippen LogP contribution in [0.4, 0.5) is 14.9 Å². The van der Waals surface area contributed by atoms with Gasteiger partial charge in [-0.3, -0.25) is 9.89 Å². The number of hydrogen-bond donors (Lipinski definition) is 3. The summed E-state index contributed by atoms with van der Waals surface area (Å²) < 4.78 is 18.3. The van der Waals surface area contributed by atoms with E-state index in [2.05, 4.69) is 15.5 Å². The van der Waals surface area contributed by atoms with Crippen molar-refractivity contribution in [3.8, 4) is 0 Å². The first kappa shape index (κ1) is 19.2. The summed E-state index contributed by atoms with van der Waals surface area (Å²) in [7, 11) is 0. The molecular weight excluding hydrogens is 403 g/mol. The van der Waals surface area contributed by atoms with E-state index in [4.69, 9.17) is 16.3 Å². The third-order valence-corrected chi connectivity index (χ3v) is 4.83. The van der Waals surface area contributed by atoms with Gasteiger partial charge < -0.3 is 20.1 Å². The summed E-state index contributed by atoms with van der Waals surface area (Å²) in [4.78, 5) is 26.1. The van der Waals surface area contributed by atoms with E-state index in [0.717, 1.165) is 17.0 Å². The fraction of sp³-hybridized carbons (Fsp3) is 0.211. The number of carbonyl (C=O) groups excluding carboxylic acids is 2. The summed E-state index contributed by atoms with van der Waals surface area (Å²) in [6.45, 7) is 0.0902. The molecule has 0 radical (unpaired) electrons. The van der Waals surface area contributed by atoms with Crippen molar-refractivity contribution in [2.75, 3.05) is 11.4 Å². The molecule has 150 valence electrons. The van der Waals surface area contributed by atoms with Crippen molar-refractivity contribution in [2.45, 2.75) is 18.8 Å². The van der Waals surface area contributed by atoms with Crippen molar-refractivity contribution in [3.05, 3.63) is 59.0 Å². The highest BCUT2D eigenvalue weighted by Crippen LogP contribution is 2.31. The molecule has 1 atom stereocenters. The van der Waals surface area contributed by atoms with Gasteiger partial charge in [0.1, 0.15) is 5.82 Å². The molecule has 10 heteroatoms. The summed E-state index contributed by atoms with van der Waals surface area (Å²) in [5, 5.41) is 20.6. The zero-order chi connectivity index (χ0) is 20.6. The number of nitrogens with one attached hydrogen (secondary N) is 2. The van der Waals surface area contributed by atoms with E-state index in [1.54, 1.807) is 24.4 Å². The fourth-order valence-corrected chi connectivity index (χ4v) is 3.44. The predicted molar refractivity (Wildman–Crippen MR) is 103 cm³/mol. The Bertz CT molecular complexity index is 1080. The topological polar surface area (TPSA) is 108 Å². The number of anilines is 1. The summed E-state index contributed by atoms with van der Waals surface area (Å²) in [6.07, 6.45) is 0.524. The lowest BCUT2D eigenvalue weighted by molar-refractivity contribution is -0.175. The van der Waals surface area contributed by atoms with E-state index in [1.807, 2.05) is 0 Å². The van der Waals surface area contributed by atoms with Crippen LogP contribution in [0.15, 0.2) is 42.6 Å². The van der Waals surface area contributed by atoms with Crippen LogP contribution in [0.1, 0.15) is 12.0 Å². The number of alkyl carbamates (subject to hydrolysis) is 1. The zero-order valence-corrected chi connectivity index (χ0v) is 15.7. The summed E-state index contributed by atoms with van der Waals surface area (Å²) in [6, 6.07) is 9.04. The Hall–Kier alpha value is -3.17. The van der Waals surface area contributed by atoms with Gasteiger partial charge in [0.15, 0.2) is 0 Å². The molecule has 0 spiro atoms. The van der Waals surface area contributed by atoms with Crippen molar-refractivity contribution in [1.82, 2.24) is 15.5 Å². The fourth-order valence-electron chi connectivity index (χ4n) is 3.20. The molecule has 2 heterocycles. The SMILES string of the molecule is O=C(NCc1cc(F)cc(Cl)c1)O[C@@]1(O)CCN(c2ccc3[nH]ncc3c2)C1=O. The largest absolute Gasteiger partial charge is 0.410 e. The molecule has 0 bridgehead atoms. The Balaban J connectivity index is 1.41. The van der Waals surface area contributed by atoms with Gasteiger partial charge >= 0.3 is 6.09 Å². The van der Waals surface area contributed by atoms with Gasteiger partial charge in [0.2, 0.25) is 0 Å². The average Bonchev–Trinajstić information content (AvgIpc) is 3.24. The maximum atomic E-state index is 13.3. The number of benzene rings is 2. The Morgan fingerprint density at radius 2 is 2.21 bits per heavy atom. The summed E-state index contributed by atoms with van der Waals surface area (Å²) >= 11 is 5.77. The van der Waals surface area contributed by atoms with Crippen LogP contribution in [-0.2, 0) is 16.1 Å². The summed E-state index contributed by atoms with van der Waals surface area (Å²) in [5.74, 6) is -3.57. The molecule has 1 aromatic heterocycles. The molecule has 3 aromatic rings. The van der Waals surface area contributed by atoms with E-state index in [9.17, 15) is 19.1 Å². The van der Waals surface area contributed by atoms with Crippen LogP contribution in [0.5, 0.6) is 0 Å². The molecule has 2 amide bonds. The molecule has 3 N–H and O–H groups in total. The van der Waals surface area contributed by atoms with Gasteiger partial charge in [-0.1, -0.05) is 11.6 Å². The molecule has 0 saturated carbocycles. The lowest BCUT2D eigenvalue weighted by Crippen LogP contribution is -2.46. The van der Waals surface area contributed by atoms with Gasteiger partial charge in [0, 0.05) is 35.6 Å². The Kier molecular flexibility index (Phi) is 4.85. The number of nitrogens with zero attached hydrogens (tertiary/aromatic N) is 2. The Labute approximate surface area is 169 Å². The lowest BCUT2D eigenvalue weighted by atomic mass is 10.2. The lowest BCUT2D eigenvalue weighted by Gasteiger charge is -2.22. The molecule has 29 heavy (non-hydrogen) atoms. The van der Waals surface area contributed by atoms with Crippen LogP contribution < -0.4 is 10.2 Å². The second-order valence-corrected chi connectivity index (χ2v) is 7.09. The third-order valence-electron chi connectivity index (χ3n) is 4.61. The van der Waals surface area contributed by atoms with Crippen molar-refractivity contribution in [2.24, 2.45) is 0 Å². The third kappa shape index (κ3) is 3.87. The van der Waals surface area contributed by atoms with Gasteiger partial charge in [0.25, 0.3) is 11.7 Å². The zero-order valence-electron chi connectivity index (χ0n) is 15.0. The Morgan fingerprint density at radius 3 is 3.00 bits per heavy atom. The standard InChI is InChI=1S/C19H16ClFN4O4/c20-13-5-11(6-14(21)8-13)9-22-18(27)29-19(28)3-4-25(17(19)26)15-1-2-16-12(7-15)10-23-24-16/h1-2,5-8,10,28H,3-4,9H2,(H,22,27)(H,23,24)/t19-/m0/s1. The second-order valence-electron chi connectivity index (χ2n) is 6.65. The highest BCUT2D eigenvalue weighted by atomic mass is 35.5. The molecule has 0 aliphatic carbocycles. The van der Waals surface area contributed by atoms with E-state index in [0.29, 0.717) is 11.3 Å². The number of hydrogen-bond acceptors (Lipinski definition) is 5. The van der Waals surface area contributed by atoms with Crippen molar-refractivity contribution in [3.63, 3.8) is 0 Å². The number of carbonyl (C=O) groups is 2. The van der Waals surface area contributed by atoms with Crippen molar-refractivity contribution < 1.29 is 23.8 Å². The number of aromatic nitrogens is 2. The predicted octanol–water partition coefficient (Wildman–Crippen LogP) is 2.71. The van der Waals surface area contributed by atoms with Crippen molar-refractivity contribution >= 4 is 40.2 Å². The van der Waals surface area contributed by atoms with E-state index < -0.39 is 23.6 Å². The van der Waals surface area contributed by atoms with E-state index in [1.165, 1.54) is 17.0 Å². The molecule has 1 aliphatic heterocycles. The minimum Gasteiger partial charge on any atom is -0.407 e. The number of rotatable bonds is 4. The van der Waals surface area contributed by atoms with Crippen LogP contribution >= 0.6 is 11.6 Å². The molecule has 1 saturated heterocycles. The minimum atomic E-state index is -2.28. The highest BCUT2D eigenvalue weighted by Gasteiger charge is 2.49. The molecule has 1 aliphatic rings. The van der Waals surface area contributed by atoms with Gasteiger partial charge in [-0.2, -0.15) is 5.10 Å². The molecular formula is C19H16ClFN4O4. The maximum Gasteiger partial charge on any atom is 0.410 e. The van der Waals surface area contributed by atoms with Crippen molar-refractivity contribution in [1.29, 1.82) is 0 Å².